The number of benzene rings is 2. The quantitative estimate of drug-likeness (QED) is 0.668. The zero-order chi connectivity index (χ0) is 22.1. The average molecular weight is 435 g/mol. The fourth-order valence-electron chi connectivity index (χ4n) is 4.58. The molecule has 5 rings (SSSR count). The highest BCUT2D eigenvalue weighted by atomic mass is 16.5. The number of morpholine rings is 1. The number of hydrogen-bond donors (Lipinski definition) is 0. The lowest BCUT2D eigenvalue weighted by Gasteiger charge is -2.31. The van der Waals surface area contributed by atoms with Gasteiger partial charge in [0.1, 0.15) is 18.2 Å². The molecule has 2 aromatic carbocycles. The number of Topliss-reactive ketones (excluding diaryl/α,β-unsaturated/α-hetero) is 1. The first-order valence-electron chi connectivity index (χ1n) is 11.4. The number of ketones is 1. The van der Waals surface area contributed by atoms with E-state index in [9.17, 15) is 4.79 Å². The predicted molar refractivity (Wildman–Crippen MR) is 123 cm³/mol. The summed E-state index contributed by atoms with van der Waals surface area (Å²) in [6.07, 6.45) is 2.91. The van der Waals surface area contributed by atoms with Crippen LogP contribution in [0.25, 0.3) is 6.08 Å². The maximum atomic E-state index is 13.1. The molecule has 32 heavy (non-hydrogen) atoms. The minimum absolute atomic E-state index is 0.0506. The summed E-state index contributed by atoms with van der Waals surface area (Å²) in [5, 5.41) is 0. The minimum Gasteiger partial charge on any atom is -0.478 e. The predicted octanol–water partition coefficient (Wildman–Crippen LogP) is 3.79. The second kappa shape index (κ2) is 9.06. The third-order valence-electron chi connectivity index (χ3n) is 6.42. The maximum Gasteiger partial charge on any atom is 0.232 e. The van der Waals surface area contributed by atoms with Crippen LogP contribution in [-0.4, -0.2) is 61.7 Å². The molecule has 6 nitrogen and oxygen atoms in total. The molecule has 2 aromatic rings. The van der Waals surface area contributed by atoms with Crippen molar-refractivity contribution in [1.82, 2.24) is 9.80 Å². The van der Waals surface area contributed by atoms with Crippen molar-refractivity contribution in [3.63, 3.8) is 0 Å². The molecular weight excluding hydrogens is 404 g/mol. The first kappa shape index (κ1) is 21.2. The average Bonchev–Trinajstić information content (AvgIpc) is 3.13. The van der Waals surface area contributed by atoms with E-state index in [2.05, 4.69) is 9.80 Å². The molecule has 1 fully saturated rings. The summed E-state index contributed by atoms with van der Waals surface area (Å²) >= 11 is 0. The molecule has 3 aliphatic rings. The van der Waals surface area contributed by atoms with E-state index < -0.39 is 0 Å². The second-order valence-electron chi connectivity index (χ2n) is 8.86. The molecule has 0 N–H and O–H groups in total. The number of ether oxygens (including phenoxy) is 3. The first-order chi connectivity index (χ1) is 15.6. The van der Waals surface area contributed by atoms with E-state index in [1.54, 1.807) is 0 Å². The summed E-state index contributed by atoms with van der Waals surface area (Å²) in [6.45, 7) is 11.0. The van der Waals surface area contributed by atoms with Crippen LogP contribution in [0.2, 0.25) is 0 Å². The molecule has 0 radical (unpaired) electrons. The largest absolute Gasteiger partial charge is 0.478 e. The molecule has 0 bridgehead atoms. The van der Waals surface area contributed by atoms with Gasteiger partial charge in [0, 0.05) is 26.2 Å². The minimum atomic E-state index is -0.0506. The molecule has 3 aliphatic heterocycles. The van der Waals surface area contributed by atoms with Crippen LogP contribution in [-0.2, 0) is 11.3 Å². The smallest absolute Gasteiger partial charge is 0.232 e. The lowest BCUT2D eigenvalue weighted by Crippen LogP contribution is -2.39. The van der Waals surface area contributed by atoms with Gasteiger partial charge in [0.15, 0.2) is 5.76 Å². The van der Waals surface area contributed by atoms with Crippen LogP contribution in [0.1, 0.15) is 39.0 Å². The van der Waals surface area contributed by atoms with Gasteiger partial charge in [-0.3, -0.25) is 14.6 Å². The van der Waals surface area contributed by atoms with Crippen LogP contribution < -0.4 is 9.47 Å². The highest BCUT2D eigenvalue weighted by molar-refractivity contribution is 6.15. The van der Waals surface area contributed by atoms with Crippen LogP contribution in [0, 0.1) is 13.8 Å². The van der Waals surface area contributed by atoms with Crippen LogP contribution in [0.3, 0.4) is 0 Å². The monoisotopic (exact) mass is 434 g/mol. The van der Waals surface area contributed by atoms with Gasteiger partial charge in [-0.05, 0) is 50.1 Å². The summed E-state index contributed by atoms with van der Waals surface area (Å²) < 4.78 is 17.7. The van der Waals surface area contributed by atoms with E-state index in [0.717, 1.165) is 74.8 Å². The fraction of sp³-hybridized carbons (Fsp3) is 0.423. The Morgan fingerprint density at radius 2 is 1.78 bits per heavy atom. The van der Waals surface area contributed by atoms with Crippen LogP contribution in [0.4, 0.5) is 0 Å². The standard InChI is InChI=1S/C26H30N2O4/c1-18-4-6-20(7-5-18)15-23-25(29)24-19(2)14-22-21(26(24)32-23)16-28(17-31-22)9-3-8-27-10-12-30-13-11-27/h4-7,14-15H,3,8-13,16-17H2,1-2H3/b23-15-. The summed E-state index contributed by atoms with van der Waals surface area (Å²) in [6, 6.07) is 10.1. The van der Waals surface area contributed by atoms with Gasteiger partial charge in [-0.2, -0.15) is 0 Å². The topological polar surface area (TPSA) is 51.2 Å². The van der Waals surface area contributed by atoms with E-state index in [-0.39, 0.29) is 5.78 Å². The van der Waals surface area contributed by atoms with Crippen molar-refractivity contribution in [2.45, 2.75) is 26.8 Å². The molecule has 6 heteroatoms. The Morgan fingerprint density at radius 3 is 2.56 bits per heavy atom. The summed E-state index contributed by atoms with van der Waals surface area (Å²) in [5.74, 6) is 1.83. The number of carbonyl (C=O) groups excluding carboxylic acids is 1. The van der Waals surface area contributed by atoms with Gasteiger partial charge in [0.2, 0.25) is 5.78 Å². The fourth-order valence-corrected chi connectivity index (χ4v) is 4.58. The molecule has 0 unspecified atom stereocenters. The van der Waals surface area contributed by atoms with Crippen molar-refractivity contribution in [2.75, 3.05) is 46.1 Å². The van der Waals surface area contributed by atoms with Gasteiger partial charge in [0.05, 0.1) is 24.3 Å². The molecule has 0 spiro atoms. The van der Waals surface area contributed by atoms with Crippen molar-refractivity contribution in [2.24, 2.45) is 0 Å². The number of carbonyl (C=O) groups is 1. The summed E-state index contributed by atoms with van der Waals surface area (Å²) in [7, 11) is 0. The van der Waals surface area contributed by atoms with Crippen molar-refractivity contribution < 1.29 is 19.0 Å². The lowest BCUT2D eigenvalue weighted by molar-refractivity contribution is 0.0329. The number of rotatable bonds is 5. The Morgan fingerprint density at radius 1 is 1.03 bits per heavy atom. The van der Waals surface area contributed by atoms with E-state index in [1.165, 1.54) is 5.56 Å². The number of hydrogen-bond acceptors (Lipinski definition) is 6. The molecule has 0 atom stereocenters. The summed E-state index contributed by atoms with van der Waals surface area (Å²) in [4.78, 5) is 17.9. The first-order valence-corrected chi connectivity index (χ1v) is 11.4. The molecule has 1 saturated heterocycles. The van der Waals surface area contributed by atoms with E-state index in [1.807, 2.05) is 50.3 Å². The molecule has 0 amide bonds. The number of aryl methyl sites for hydroxylation is 2. The van der Waals surface area contributed by atoms with Gasteiger partial charge in [-0.1, -0.05) is 29.8 Å². The van der Waals surface area contributed by atoms with Crippen molar-refractivity contribution in [1.29, 1.82) is 0 Å². The van der Waals surface area contributed by atoms with E-state index in [4.69, 9.17) is 14.2 Å². The highest BCUT2D eigenvalue weighted by Crippen LogP contribution is 2.44. The van der Waals surface area contributed by atoms with Gasteiger partial charge < -0.3 is 14.2 Å². The Bertz CT molecular complexity index is 1040. The maximum absolute atomic E-state index is 13.1. The van der Waals surface area contributed by atoms with Gasteiger partial charge in [-0.15, -0.1) is 0 Å². The highest BCUT2D eigenvalue weighted by Gasteiger charge is 2.35. The van der Waals surface area contributed by atoms with Crippen molar-refractivity contribution >= 4 is 11.9 Å². The van der Waals surface area contributed by atoms with Gasteiger partial charge in [-0.25, -0.2) is 0 Å². The van der Waals surface area contributed by atoms with Gasteiger partial charge in [0.25, 0.3) is 0 Å². The normalized spacial score (nSPS) is 20.1. The van der Waals surface area contributed by atoms with E-state index >= 15 is 0 Å². The number of fused-ring (bicyclic) bond motifs is 3. The molecule has 0 saturated carbocycles. The van der Waals surface area contributed by atoms with Crippen LogP contribution in [0.15, 0.2) is 36.1 Å². The molecular formula is C26H30N2O4. The number of allylic oxidation sites excluding steroid dienone is 1. The zero-order valence-corrected chi connectivity index (χ0v) is 18.9. The Labute approximate surface area is 189 Å². The van der Waals surface area contributed by atoms with Gasteiger partial charge >= 0.3 is 0 Å². The molecule has 168 valence electrons. The molecule has 3 heterocycles. The Hall–Kier alpha value is -2.67. The number of nitrogens with zero attached hydrogens (tertiary/aromatic N) is 2. The lowest BCUT2D eigenvalue weighted by atomic mass is 9.98. The third kappa shape index (κ3) is 4.31. The van der Waals surface area contributed by atoms with E-state index in [0.29, 0.717) is 23.8 Å². The van der Waals surface area contributed by atoms with Crippen LogP contribution in [0.5, 0.6) is 11.5 Å². The van der Waals surface area contributed by atoms with Crippen LogP contribution >= 0.6 is 0 Å². The second-order valence-corrected chi connectivity index (χ2v) is 8.86. The van der Waals surface area contributed by atoms with Crippen molar-refractivity contribution in [3.8, 4) is 11.5 Å². The SMILES string of the molecule is Cc1ccc(/C=C2\Oc3c4c(cc(C)c3C2=O)OCN(CCCN2CCOCC2)C4)cc1. The van der Waals surface area contributed by atoms with Crippen molar-refractivity contribution in [3.05, 3.63) is 63.9 Å². The third-order valence-corrected chi connectivity index (χ3v) is 6.42. The summed E-state index contributed by atoms with van der Waals surface area (Å²) in [5.41, 5.74) is 4.69. The molecule has 0 aromatic heterocycles. The Balaban J connectivity index is 1.32. The zero-order valence-electron chi connectivity index (χ0n) is 18.9. The molecule has 0 aliphatic carbocycles. The Kier molecular flexibility index (Phi) is 6.00.